The van der Waals surface area contributed by atoms with E-state index in [1.54, 1.807) is 20.8 Å². The summed E-state index contributed by atoms with van der Waals surface area (Å²) in [6.45, 7) is 13.6. The molecule has 1 amide bonds. The van der Waals surface area contributed by atoms with Gasteiger partial charge in [-0.05, 0) is 44.0 Å². The van der Waals surface area contributed by atoms with Gasteiger partial charge in [0, 0.05) is 11.0 Å². The summed E-state index contributed by atoms with van der Waals surface area (Å²) in [6.07, 6.45) is 2.92. The number of amides is 1. The molecule has 0 bridgehead atoms. The number of aromatic carboxylic acids is 1. The van der Waals surface area contributed by atoms with Crippen LogP contribution in [0.2, 0.25) is 0 Å². The summed E-state index contributed by atoms with van der Waals surface area (Å²) in [6, 6.07) is 4.80. The van der Waals surface area contributed by atoms with Gasteiger partial charge in [-0.15, -0.1) is 13.2 Å². The zero-order valence-corrected chi connectivity index (χ0v) is 21.4. The molecule has 36 heavy (non-hydrogen) atoms. The number of carbonyl (C=O) groups is 4. The maximum atomic E-state index is 13.9. The van der Waals surface area contributed by atoms with Gasteiger partial charge in [0.05, 0.1) is 22.2 Å². The van der Waals surface area contributed by atoms with E-state index >= 15 is 0 Å². The molecule has 2 aliphatic rings. The molecule has 1 N–H and O–H groups in total. The summed E-state index contributed by atoms with van der Waals surface area (Å²) in [7, 11) is -4.37. The molecule has 0 radical (unpaired) electrons. The second-order valence-electron chi connectivity index (χ2n) is 9.99. The van der Waals surface area contributed by atoms with E-state index in [4.69, 9.17) is 9.84 Å². The van der Waals surface area contributed by atoms with E-state index in [9.17, 15) is 27.6 Å². The minimum Gasteiger partial charge on any atom is -0.478 e. The number of carboxylic acid groups (broad SMARTS) is 1. The van der Waals surface area contributed by atoms with Gasteiger partial charge in [0.25, 0.3) is 0 Å². The number of carbonyl (C=O) groups excluding carboxylic acids is 3. The second kappa shape index (κ2) is 9.16. The lowest BCUT2D eigenvalue weighted by atomic mass is 9.71. The van der Waals surface area contributed by atoms with E-state index in [2.05, 4.69) is 13.2 Å². The van der Waals surface area contributed by atoms with Crippen LogP contribution in [0.1, 0.15) is 61.3 Å². The van der Waals surface area contributed by atoms with Gasteiger partial charge in [-0.25, -0.2) is 18.0 Å². The number of ether oxygens (including phenoxy) is 1. The maximum absolute atomic E-state index is 13.9. The van der Waals surface area contributed by atoms with Gasteiger partial charge >= 0.3 is 11.9 Å². The van der Waals surface area contributed by atoms with Crippen LogP contribution in [0, 0.1) is 10.8 Å². The van der Waals surface area contributed by atoms with Crippen molar-refractivity contribution >= 4 is 33.5 Å². The van der Waals surface area contributed by atoms with Crippen molar-refractivity contribution in [3.63, 3.8) is 0 Å². The first-order chi connectivity index (χ1) is 16.6. The van der Waals surface area contributed by atoms with Crippen LogP contribution in [-0.4, -0.2) is 52.9 Å². The van der Waals surface area contributed by atoms with Gasteiger partial charge in [-0.3, -0.25) is 14.5 Å². The number of ketones is 1. The van der Waals surface area contributed by atoms with E-state index in [-0.39, 0.29) is 35.2 Å². The summed E-state index contributed by atoms with van der Waals surface area (Å²) in [4.78, 5) is 51.9. The molecule has 1 fully saturated rings. The predicted molar refractivity (Wildman–Crippen MR) is 131 cm³/mol. The molecule has 10 heteroatoms. The Balaban J connectivity index is 2.16. The smallest absolute Gasteiger partial charge is 0.339 e. The van der Waals surface area contributed by atoms with E-state index in [1.807, 2.05) is 0 Å². The molecule has 0 saturated carbocycles. The molecule has 0 spiro atoms. The minimum absolute atomic E-state index is 0.0194. The van der Waals surface area contributed by atoms with E-state index in [0.29, 0.717) is 0 Å². The second-order valence-corrected chi connectivity index (χ2v) is 12.0. The number of fused-ring (bicyclic) bond motifs is 1. The van der Waals surface area contributed by atoms with Gasteiger partial charge in [0.1, 0.15) is 0 Å². The van der Waals surface area contributed by atoms with Crippen LogP contribution in [0.5, 0.6) is 0 Å². The van der Waals surface area contributed by atoms with Crippen molar-refractivity contribution in [2.24, 2.45) is 10.8 Å². The molecule has 1 saturated heterocycles. The van der Waals surface area contributed by atoms with Gasteiger partial charge in [-0.2, -0.15) is 0 Å². The van der Waals surface area contributed by atoms with Crippen molar-refractivity contribution in [3.05, 3.63) is 72.0 Å². The summed E-state index contributed by atoms with van der Waals surface area (Å²) < 4.78 is 33.2. The number of hydrogen-bond acceptors (Lipinski definition) is 7. The Kier molecular flexibility index (Phi) is 6.89. The number of nitrogens with zero attached hydrogens (tertiary/aromatic N) is 1. The summed E-state index contributed by atoms with van der Waals surface area (Å²) >= 11 is 0. The van der Waals surface area contributed by atoms with Gasteiger partial charge in [0.2, 0.25) is 21.2 Å². The largest absolute Gasteiger partial charge is 0.478 e. The number of hydrogen-bond donors (Lipinski definition) is 1. The molecule has 1 aromatic rings. The number of allylic oxidation sites excluding steroid dienone is 3. The number of β-lactam (4-membered cyclic amide) rings is 1. The third-order valence-corrected chi connectivity index (χ3v) is 8.76. The minimum atomic E-state index is -4.37. The first kappa shape index (κ1) is 27.1. The SMILES string of the molecule is C=CCC1(CC=C)C(=O)N2C(C(=O)C(C)(C)C)=C(C)C(OC(=O)c3ccc(C(=O)O)cc3)S(=O)(=O)[C@@H]21. The average molecular weight is 516 g/mol. The van der Waals surface area contributed by atoms with Crippen LogP contribution < -0.4 is 0 Å². The highest BCUT2D eigenvalue weighted by Gasteiger charge is 2.70. The van der Waals surface area contributed by atoms with Gasteiger partial charge < -0.3 is 9.84 Å². The lowest BCUT2D eigenvalue weighted by Gasteiger charge is -2.58. The third-order valence-electron chi connectivity index (χ3n) is 6.42. The highest BCUT2D eigenvalue weighted by atomic mass is 32.2. The highest BCUT2D eigenvalue weighted by Crippen LogP contribution is 2.55. The van der Waals surface area contributed by atoms with Crippen LogP contribution in [0.4, 0.5) is 0 Å². The Morgan fingerprint density at radius 3 is 2.03 bits per heavy atom. The van der Waals surface area contributed by atoms with Crippen molar-refractivity contribution in [3.8, 4) is 0 Å². The molecule has 2 heterocycles. The molecular weight excluding hydrogens is 486 g/mol. The van der Waals surface area contributed by atoms with Gasteiger partial charge in [-0.1, -0.05) is 32.9 Å². The zero-order valence-electron chi connectivity index (χ0n) is 20.6. The molecule has 9 nitrogen and oxygen atoms in total. The zero-order chi connectivity index (χ0) is 27.2. The quantitative estimate of drug-likeness (QED) is 0.316. The van der Waals surface area contributed by atoms with Crippen LogP contribution in [0.25, 0.3) is 0 Å². The number of carboxylic acids is 1. The topological polar surface area (TPSA) is 135 Å². The Labute approximate surface area is 210 Å². The lowest BCUT2D eigenvalue weighted by molar-refractivity contribution is -0.162. The summed E-state index contributed by atoms with van der Waals surface area (Å²) in [5.74, 6) is -3.20. The highest BCUT2D eigenvalue weighted by molar-refractivity contribution is 7.92. The first-order valence-corrected chi connectivity index (χ1v) is 12.8. The average Bonchev–Trinajstić information content (AvgIpc) is 2.79. The van der Waals surface area contributed by atoms with Crippen LogP contribution in [0.15, 0.2) is 60.8 Å². The van der Waals surface area contributed by atoms with Crippen molar-refractivity contribution in [2.75, 3.05) is 0 Å². The predicted octanol–water partition coefficient (Wildman–Crippen LogP) is 3.49. The number of rotatable bonds is 8. The number of Topliss-reactive ketones (excluding diaryl/α,β-unsaturated/α-hetero) is 1. The maximum Gasteiger partial charge on any atom is 0.339 e. The Morgan fingerprint density at radius 1 is 1.08 bits per heavy atom. The fraction of sp³-hybridized carbons (Fsp3) is 0.385. The summed E-state index contributed by atoms with van der Waals surface area (Å²) in [5.41, 5.74) is -4.51. The lowest BCUT2D eigenvalue weighted by Crippen LogP contribution is -2.74. The fourth-order valence-corrected chi connectivity index (χ4v) is 7.14. The Hall–Kier alpha value is -3.53. The third kappa shape index (κ3) is 4.09. The van der Waals surface area contributed by atoms with Crippen molar-refractivity contribution in [1.29, 1.82) is 0 Å². The molecule has 1 aromatic carbocycles. The monoisotopic (exact) mass is 515 g/mol. The van der Waals surface area contributed by atoms with E-state index in [1.165, 1.54) is 43.3 Å². The Bertz CT molecular complexity index is 1290. The number of sulfone groups is 1. The number of benzene rings is 1. The molecule has 2 atom stereocenters. The fourth-order valence-electron chi connectivity index (χ4n) is 4.67. The van der Waals surface area contributed by atoms with Gasteiger partial charge in [0.15, 0.2) is 11.2 Å². The summed E-state index contributed by atoms with van der Waals surface area (Å²) in [5, 5.41) is 7.61. The van der Waals surface area contributed by atoms with Crippen molar-refractivity contribution in [2.45, 2.75) is 51.3 Å². The molecule has 0 aromatic heterocycles. The standard InChI is InChI=1S/C26H29NO8S/c1-7-13-26(14-8-2)23(32)27-18(19(28)25(4,5)6)15(3)22(36(33,34)24(26)27)35-21(31)17-11-9-16(10-12-17)20(29)30/h7-12,22,24H,1-2,13-14H2,3-6H3,(H,29,30)/t22?,24-/m1/s1. The first-order valence-electron chi connectivity index (χ1n) is 11.2. The van der Waals surface area contributed by atoms with Crippen LogP contribution >= 0.6 is 0 Å². The molecule has 1 unspecified atom stereocenters. The van der Waals surface area contributed by atoms with Crippen LogP contribution in [-0.2, 0) is 24.2 Å². The van der Waals surface area contributed by atoms with Crippen molar-refractivity contribution < 1.29 is 37.4 Å². The molecule has 192 valence electrons. The number of esters is 1. The molecule has 3 rings (SSSR count). The normalized spacial score (nSPS) is 22.2. The van der Waals surface area contributed by atoms with Crippen LogP contribution in [0.3, 0.4) is 0 Å². The Morgan fingerprint density at radius 2 is 1.58 bits per heavy atom. The molecule has 2 aliphatic heterocycles. The van der Waals surface area contributed by atoms with Crippen molar-refractivity contribution in [1.82, 2.24) is 4.90 Å². The van der Waals surface area contributed by atoms with E-state index in [0.717, 1.165) is 4.90 Å². The molecule has 0 aliphatic carbocycles. The molecular formula is C26H29NO8S. The van der Waals surface area contributed by atoms with E-state index < -0.39 is 55.1 Å².